The maximum Gasteiger partial charge on any atom is 0.128 e. The highest BCUT2D eigenvalue weighted by molar-refractivity contribution is 9.09. The molecule has 0 saturated heterocycles. The van der Waals surface area contributed by atoms with Crippen LogP contribution in [-0.2, 0) is 6.61 Å². The second-order valence-corrected chi connectivity index (χ2v) is 3.82. The fourth-order valence-electron chi connectivity index (χ4n) is 1.21. The number of rotatable bonds is 4. The van der Waals surface area contributed by atoms with Gasteiger partial charge in [0.2, 0.25) is 0 Å². The van der Waals surface area contributed by atoms with E-state index >= 15 is 0 Å². The number of halogens is 2. The van der Waals surface area contributed by atoms with Gasteiger partial charge in [0.15, 0.2) is 0 Å². The van der Waals surface area contributed by atoms with Crippen LogP contribution in [0.15, 0.2) is 18.2 Å². The van der Waals surface area contributed by atoms with E-state index in [4.69, 9.17) is 5.11 Å². The van der Waals surface area contributed by atoms with Gasteiger partial charge in [0, 0.05) is 10.9 Å². The molecule has 0 aliphatic rings. The fourth-order valence-corrected chi connectivity index (χ4v) is 1.56. The molecule has 1 aromatic rings. The van der Waals surface area contributed by atoms with Gasteiger partial charge in [-0.05, 0) is 17.7 Å². The van der Waals surface area contributed by atoms with Crippen molar-refractivity contribution in [2.75, 3.05) is 5.33 Å². The zero-order valence-electron chi connectivity index (χ0n) is 7.90. The highest BCUT2D eigenvalue weighted by atomic mass is 79.9. The molecule has 0 amide bonds. The lowest BCUT2D eigenvalue weighted by molar-refractivity contribution is 0.0341. The first kappa shape index (κ1) is 12.6. The molecule has 0 saturated carbocycles. The highest BCUT2D eigenvalue weighted by Gasteiger charge is 2.18. The van der Waals surface area contributed by atoms with Crippen LogP contribution in [0.3, 0.4) is 0 Å². The van der Waals surface area contributed by atoms with Gasteiger partial charge < -0.3 is 15.3 Å². The molecule has 0 aliphatic heterocycles. The molecule has 84 valence electrons. The van der Waals surface area contributed by atoms with E-state index in [0.29, 0.717) is 5.56 Å². The van der Waals surface area contributed by atoms with Crippen molar-refractivity contribution in [2.45, 2.75) is 18.8 Å². The SMILES string of the molecule is OCc1cc(C(O)C(O)CBr)ccc1F. The van der Waals surface area contributed by atoms with Gasteiger partial charge in [0.1, 0.15) is 11.9 Å². The standard InChI is InChI=1S/C10H12BrFO3/c11-4-9(14)10(15)6-1-2-8(12)7(3-6)5-13/h1-3,9-10,13-15H,4-5H2. The van der Waals surface area contributed by atoms with Crippen LogP contribution in [-0.4, -0.2) is 26.8 Å². The van der Waals surface area contributed by atoms with Crippen LogP contribution in [0.5, 0.6) is 0 Å². The number of benzene rings is 1. The lowest BCUT2D eigenvalue weighted by Gasteiger charge is -2.16. The van der Waals surface area contributed by atoms with Crippen molar-refractivity contribution >= 4 is 15.9 Å². The van der Waals surface area contributed by atoms with Crippen LogP contribution < -0.4 is 0 Å². The van der Waals surface area contributed by atoms with Crippen LogP contribution in [0.4, 0.5) is 4.39 Å². The first-order valence-corrected chi connectivity index (χ1v) is 5.53. The van der Waals surface area contributed by atoms with E-state index in [2.05, 4.69) is 15.9 Å². The van der Waals surface area contributed by atoms with Crippen LogP contribution in [0.1, 0.15) is 17.2 Å². The summed E-state index contributed by atoms with van der Waals surface area (Å²) in [6, 6.07) is 3.88. The van der Waals surface area contributed by atoms with Gasteiger partial charge in [-0.3, -0.25) is 0 Å². The molecular formula is C10H12BrFO3. The molecule has 0 aliphatic carbocycles. The average molecular weight is 279 g/mol. The molecule has 2 unspecified atom stereocenters. The third-order valence-electron chi connectivity index (χ3n) is 2.10. The molecule has 0 fully saturated rings. The molecule has 0 aromatic heterocycles. The second-order valence-electron chi connectivity index (χ2n) is 3.18. The van der Waals surface area contributed by atoms with Crippen LogP contribution in [0.25, 0.3) is 0 Å². The molecule has 3 N–H and O–H groups in total. The van der Waals surface area contributed by atoms with E-state index in [1.807, 2.05) is 0 Å². The van der Waals surface area contributed by atoms with E-state index in [-0.39, 0.29) is 10.9 Å². The van der Waals surface area contributed by atoms with Crippen molar-refractivity contribution < 1.29 is 19.7 Å². The Balaban J connectivity index is 2.95. The monoisotopic (exact) mass is 278 g/mol. The normalized spacial score (nSPS) is 15.0. The number of aliphatic hydroxyl groups is 3. The summed E-state index contributed by atoms with van der Waals surface area (Å²) in [7, 11) is 0. The Morgan fingerprint density at radius 1 is 1.33 bits per heavy atom. The summed E-state index contributed by atoms with van der Waals surface area (Å²) in [6.45, 7) is -0.434. The number of alkyl halides is 1. The third-order valence-corrected chi connectivity index (χ3v) is 2.77. The van der Waals surface area contributed by atoms with E-state index in [1.165, 1.54) is 12.1 Å². The fraction of sp³-hybridized carbons (Fsp3) is 0.400. The molecule has 3 nitrogen and oxygen atoms in total. The Morgan fingerprint density at radius 3 is 2.53 bits per heavy atom. The summed E-state index contributed by atoms with van der Waals surface area (Å²) in [4.78, 5) is 0. The minimum atomic E-state index is -1.09. The van der Waals surface area contributed by atoms with E-state index in [1.54, 1.807) is 0 Å². The molecule has 2 atom stereocenters. The third kappa shape index (κ3) is 2.98. The quantitative estimate of drug-likeness (QED) is 0.723. The molecule has 0 radical (unpaired) electrons. The van der Waals surface area contributed by atoms with Gasteiger partial charge in [-0.15, -0.1) is 0 Å². The number of hydrogen-bond donors (Lipinski definition) is 3. The Labute approximate surface area is 95.3 Å². The Morgan fingerprint density at radius 2 is 2.00 bits per heavy atom. The van der Waals surface area contributed by atoms with Gasteiger partial charge >= 0.3 is 0 Å². The summed E-state index contributed by atoms with van der Waals surface area (Å²) in [6.07, 6.45) is -2.04. The van der Waals surface area contributed by atoms with Crippen molar-refractivity contribution in [2.24, 2.45) is 0 Å². The largest absolute Gasteiger partial charge is 0.392 e. The predicted octanol–water partition coefficient (Wildman–Crippen LogP) is 1.11. The smallest absolute Gasteiger partial charge is 0.128 e. The number of hydrogen-bond acceptors (Lipinski definition) is 3. The topological polar surface area (TPSA) is 60.7 Å². The zero-order chi connectivity index (χ0) is 11.4. The molecule has 0 bridgehead atoms. The van der Waals surface area contributed by atoms with E-state index in [0.717, 1.165) is 6.07 Å². The van der Waals surface area contributed by atoms with E-state index < -0.39 is 24.6 Å². The lowest BCUT2D eigenvalue weighted by atomic mass is 10.0. The summed E-state index contributed by atoms with van der Waals surface area (Å²) in [5.41, 5.74) is 0.487. The molecule has 0 heterocycles. The minimum Gasteiger partial charge on any atom is -0.392 e. The molecule has 0 spiro atoms. The maximum absolute atomic E-state index is 13.0. The summed E-state index contributed by atoms with van der Waals surface area (Å²) in [5, 5.41) is 28.0. The second kappa shape index (κ2) is 5.55. The van der Waals surface area contributed by atoms with Crippen molar-refractivity contribution in [1.29, 1.82) is 0 Å². The van der Waals surface area contributed by atoms with Gasteiger partial charge in [-0.1, -0.05) is 22.0 Å². The Kier molecular flexibility index (Phi) is 4.66. The van der Waals surface area contributed by atoms with Gasteiger partial charge in [-0.25, -0.2) is 4.39 Å². The van der Waals surface area contributed by atoms with Gasteiger partial charge in [-0.2, -0.15) is 0 Å². The van der Waals surface area contributed by atoms with Crippen LogP contribution in [0.2, 0.25) is 0 Å². The molecule has 5 heteroatoms. The first-order chi connectivity index (χ1) is 7.10. The van der Waals surface area contributed by atoms with Crippen molar-refractivity contribution in [3.63, 3.8) is 0 Å². The lowest BCUT2D eigenvalue weighted by Crippen LogP contribution is -2.19. The minimum absolute atomic E-state index is 0.105. The summed E-state index contributed by atoms with van der Waals surface area (Å²) < 4.78 is 13.0. The predicted molar refractivity (Wildman–Crippen MR) is 57.1 cm³/mol. The Hall–Kier alpha value is -0.490. The molecular weight excluding hydrogens is 267 g/mol. The summed E-state index contributed by atoms with van der Waals surface area (Å²) in [5.74, 6) is -0.526. The molecule has 1 rings (SSSR count). The first-order valence-electron chi connectivity index (χ1n) is 4.41. The van der Waals surface area contributed by atoms with Crippen molar-refractivity contribution in [3.05, 3.63) is 35.1 Å². The average Bonchev–Trinajstić information content (AvgIpc) is 2.27. The van der Waals surface area contributed by atoms with E-state index in [9.17, 15) is 14.6 Å². The number of aliphatic hydroxyl groups excluding tert-OH is 3. The maximum atomic E-state index is 13.0. The zero-order valence-corrected chi connectivity index (χ0v) is 9.48. The van der Waals surface area contributed by atoms with Crippen molar-refractivity contribution in [3.8, 4) is 0 Å². The van der Waals surface area contributed by atoms with Crippen LogP contribution in [0, 0.1) is 5.82 Å². The van der Waals surface area contributed by atoms with Crippen molar-refractivity contribution in [1.82, 2.24) is 0 Å². The molecule has 1 aromatic carbocycles. The highest BCUT2D eigenvalue weighted by Crippen LogP contribution is 2.21. The van der Waals surface area contributed by atoms with Crippen LogP contribution >= 0.6 is 15.9 Å². The Bertz CT molecular complexity index is 332. The van der Waals surface area contributed by atoms with Gasteiger partial charge in [0.05, 0.1) is 12.7 Å². The van der Waals surface area contributed by atoms with Gasteiger partial charge in [0.25, 0.3) is 0 Å². The summed E-state index contributed by atoms with van der Waals surface area (Å²) >= 11 is 3.03. The molecule has 15 heavy (non-hydrogen) atoms.